The molecule has 21 heavy (non-hydrogen) atoms. The van der Waals surface area contributed by atoms with Gasteiger partial charge in [-0.25, -0.2) is 0 Å². The Hall–Kier alpha value is 0.181. The molecule has 112 valence electrons. The summed E-state index contributed by atoms with van der Waals surface area (Å²) in [5.74, 6) is -1.77. The van der Waals surface area contributed by atoms with Crippen LogP contribution in [-0.2, 0) is 9.53 Å². The maximum atomic E-state index is 13.2. The fourth-order valence-electron chi connectivity index (χ4n) is 1.75. The van der Waals surface area contributed by atoms with E-state index in [-0.39, 0.29) is 51.4 Å². The van der Waals surface area contributed by atoms with E-state index in [0.717, 1.165) is 0 Å². The van der Waals surface area contributed by atoms with Gasteiger partial charge in [-0.3, -0.25) is 4.79 Å². The van der Waals surface area contributed by atoms with Gasteiger partial charge < -0.3 is 17.7 Å². The van der Waals surface area contributed by atoms with E-state index in [1.54, 1.807) is 30.3 Å². The first-order chi connectivity index (χ1) is 9.03. The molecule has 0 N–H and O–H groups in total. The Morgan fingerprint density at radius 3 is 2.00 bits per heavy atom. The van der Waals surface area contributed by atoms with Crippen LogP contribution in [0.4, 0.5) is 12.9 Å². The van der Waals surface area contributed by atoms with Gasteiger partial charge >= 0.3 is 64.3 Å². The second-order valence-corrected chi connectivity index (χ2v) is 5.94. The van der Waals surface area contributed by atoms with Crippen molar-refractivity contribution in [3.63, 3.8) is 0 Å². The second kappa shape index (κ2) is 8.15. The SMILES string of the molecule is CC(c1ccccc1)C(OC(=O)C(C)(C)C)[B-](F)(F)F.[K+]. The molecule has 0 radical (unpaired) electrons. The van der Waals surface area contributed by atoms with Gasteiger partial charge in [0.2, 0.25) is 0 Å². The van der Waals surface area contributed by atoms with E-state index in [1.807, 2.05) is 0 Å². The van der Waals surface area contributed by atoms with Gasteiger partial charge in [0.25, 0.3) is 0 Å². The van der Waals surface area contributed by atoms with Crippen molar-refractivity contribution in [1.29, 1.82) is 0 Å². The minimum atomic E-state index is -5.28. The number of rotatable bonds is 4. The summed E-state index contributed by atoms with van der Waals surface area (Å²) in [6, 6.07) is 6.18. The van der Waals surface area contributed by atoms with Crippen LogP contribution in [0.3, 0.4) is 0 Å². The van der Waals surface area contributed by atoms with E-state index in [4.69, 9.17) is 4.74 Å². The number of esters is 1. The molecule has 1 aromatic rings. The Bertz CT molecular complexity index is 458. The van der Waals surface area contributed by atoms with E-state index in [1.165, 1.54) is 27.7 Å². The van der Waals surface area contributed by atoms with Crippen molar-refractivity contribution in [3.8, 4) is 0 Å². The Labute approximate surface area is 166 Å². The Balaban J connectivity index is 0.00000400. The van der Waals surface area contributed by atoms with Gasteiger partial charge in [0, 0.05) is 0 Å². The Morgan fingerprint density at radius 1 is 1.14 bits per heavy atom. The molecular weight excluding hydrogens is 307 g/mol. The van der Waals surface area contributed by atoms with Crippen molar-refractivity contribution >= 4 is 12.9 Å². The van der Waals surface area contributed by atoms with Crippen molar-refractivity contribution in [2.45, 2.75) is 39.6 Å². The summed E-state index contributed by atoms with van der Waals surface area (Å²) in [5.41, 5.74) is -0.464. The minimum Gasteiger partial charge on any atom is -0.491 e. The van der Waals surface area contributed by atoms with Crippen LogP contribution in [0, 0.1) is 5.41 Å². The molecule has 0 aliphatic rings. The molecule has 0 aliphatic carbocycles. The van der Waals surface area contributed by atoms with Crippen LogP contribution in [0.5, 0.6) is 0 Å². The molecule has 0 fully saturated rings. The molecule has 0 spiro atoms. The zero-order valence-corrected chi connectivity index (χ0v) is 16.2. The van der Waals surface area contributed by atoms with Crippen molar-refractivity contribution in [2.75, 3.05) is 0 Å². The van der Waals surface area contributed by atoms with Gasteiger partial charge in [-0.2, -0.15) is 0 Å². The molecular formula is C14H19BF3KO2. The maximum Gasteiger partial charge on any atom is 1.00 e. The summed E-state index contributed by atoms with van der Waals surface area (Å²) in [6.45, 7) is 0.731. The number of halogens is 3. The maximum absolute atomic E-state index is 13.2. The number of hydrogen-bond donors (Lipinski definition) is 0. The predicted octanol–water partition coefficient (Wildman–Crippen LogP) is 1.14. The van der Waals surface area contributed by atoms with Crippen LogP contribution in [0.25, 0.3) is 0 Å². The molecule has 0 aromatic heterocycles. The predicted molar refractivity (Wildman–Crippen MR) is 73.3 cm³/mol. The summed E-state index contributed by atoms with van der Waals surface area (Å²) in [5, 5.41) is 0. The van der Waals surface area contributed by atoms with Crippen LogP contribution in [-0.4, -0.2) is 18.9 Å². The first kappa shape index (κ1) is 21.2. The third kappa shape index (κ3) is 6.44. The summed E-state index contributed by atoms with van der Waals surface area (Å²) in [7, 11) is 0. The smallest absolute Gasteiger partial charge is 0.491 e. The normalized spacial score (nSPS) is 14.8. The zero-order chi connectivity index (χ0) is 15.6. The number of ether oxygens (including phenoxy) is 1. The van der Waals surface area contributed by atoms with E-state index in [9.17, 15) is 17.7 Å². The molecule has 0 amide bonds. The average Bonchev–Trinajstić information content (AvgIpc) is 2.33. The summed E-state index contributed by atoms with van der Waals surface area (Å²) in [4.78, 5) is 11.7. The van der Waals surface area contributed by atoms with Crippen LogP contribution < -0.4 is 51.4 Å². The quantitative estimate of drug-likeness (QED) is 0.613. The molecule has 0 bridgehead atoms. The van der Waals surface area contributed by atoms with Crippen molar-refractivity contribution in [1.82, 2.24) is 0 Å². The van der Waals surface area contributed by atoms with Gasteiger partial charge in [-0.05, 0) is 32.3 Å². The number of hydrogen-bond acceptors (Lipinski definition) is 2. The van der Waals surface area contributed by atoms with E-state index in [0.29, 0.717) is 5.56 Å². The van der Waals surface area contributed by atoms with E-state index < -0.39 is 30.3 Å². The molecule has 1 aromatic carbocycles. The third-order valence-electron chi connectivity index (χ3n) is 3.05. The van der Waals surface area contributed by atoms with Gasteiger partial charge in [0.15, 0.2) is 0 Å². The molecule has 0 saturated heterocycles. The summed E-state index contributed by atoms with van der Waals surface area (Å²) >= 11 is 0. The summed E-state index contributed by atoms with van der Waals surface area (Å²) in [6.07, 6.45) is 0. The molecule has 7 heteroatoms. The fourth-order valence-corrected chi connectivity index (χ4v) is 1.75. The number of carbonyl (C=O) groups is 1. The Morgan fingerprint density at radius 2 is 1.62 bits per heavy atom. The van der Waals surface area contributed by atoms with Crippen molar-refractivity contribution in [3.05, 3.63) is 35.9 Å². The molecule has 0 aliphatic heterocycles. The van der Waals surface area contributed by atoms with Gasteiger partial charge in [-0.1, -0.05) is 37.3 Å². The second-order valence-electron chi connectivity index (χ2n) is 5.94. The van der Waals surface area contributed by atoms with Crippen molar-refractivity contribution < 1.29 is 73.9 Å². The van der Waals surface area contributed by atoms with Crippen LogP contribution in [0.1, 0.15) is 39.2 Å². The molecule has 0 heterocycles. The Kier molecular flexibility index (Phi) is 8.22. The first-order valence-corrected chi connectivity index (χ1v) is 6.49. The number of benzene rings is 1. The summed E-state index contributed by atoms with van der Waals surface area (Å²) < 4.78 is 44.3. The standard InChI is InChI=1S/C14H19BF3O2.K/c1-10(11-8-6-5-7-9-11)12(15(16,17)18)20-13(19)14(2,3)4;/h5-10,12H,1-4H3;/q-1;+1. The number of carbonyl (C=O) groups excluding carboxylic acids is 1. The van der Waals surface area contributed by atoms with Gasteiger partial charge in [0.1, 0.15) is 0 Å². The monoisotopic (exact) mass is 326 g/mol. The van der Waals surface area contributed by atoms with E-state index in [2.05, 4.69) is 0 Å². The molecule has 2 atom stereocenters. The van der Waals surface area contributed by atoms with Crippen molar-refractivity contribution in [2.24, 2.45) is 5.41 Å². The zero-order valence-electron chi connectivity index (χ0n) is 13.1. The van der Waals surface area contributed by atoms with Gasteiger partial charge in [0.05, 0.1) is 11.4 Å². The van der Waals surface area contributed by atoms with Gasteiger partial charge in [-0.15, -0.1) is 0 Å². The van der Waals surface area contributed by atoms with Crippen LogP contribution in [0.15, 0.2) is 30.3 Å². The van der Waals surface area contributed by atoms with Crippen LogP contribution in [0.2, 0.25) is 0 Å². The third-order valence-corrected chi connectivity index (χ3v) is 3.05. The topological polar surface area (TPSA) is 26.3 Å². The molecule has 1 rings (SSSR count). The minimum absolute atomic E-state index is 0. The average molecular weight is 326 g/mol. The fraction of sp³-hybridized carbons (Fsp3) is 0.500. The van der Waals surface area contributed by atoms with E-state index >= 15 is 0 Å². The van der Waals surface area contributed by atoms with Crippen LogP contribution >= 0.6 is 0 Å². The molecule has 2 unspecified atom stereocenters. The largest absolute Gasteiger partial charge is 1.00 e. The molecule has 0 saturated carbocycles. The first-order valence-electron chi connectivity index (χ1n) is 6.49. The molecule has 2 nitrogen and oxygen atoms in total.